The van der Waals surface area contributed by atoms with Crippen molar-refractivity contribution in [2.75, 3.05) is 11.9 Å². The number of hydrogen-bond donors (Lipinski definition) is 1. The molecule has 6 heteroatoms. The zero-order valence-electron chi connectivity index (χ0n) is 13.7. The van der Waals surface area contributed by atoms with Gasteiger partial charge in [-0.15, -0.1) is 0 Å². The first-order chi connectivity index (χ1) is 11.5. The molecule has 0 fully saturated rings. The lowest BCUT2D eigenvalue weighted by Crippen LogP contribution is -2.14. The number of para-hydroxylation sites is 2. The Morgan fingerprint density at radius 1 is 1.21 bits per heavy atom. The Morgan fingerprint density at radius 2 is 1.96 bits per heavy atom. The maximum atomic E-state index is 11.9. The second-order valence-electron chi connectivity index (χ2n) is 5.54. The molecule has 0 saturated heterocycles. The van der Waals surface area contributed by atoms with E-state index in [4.69, 9.17) is 4.74 Å². The lowest BCUT2D eigenvalue weighted by atomic mass is 10.1. The second-order valence-corrected chi connectivity index (χ2v) is 5.54. The van der Waals surface area contributed by atoms with Crippen LogP contribution in [-0.2, 0) is 4.79 Å². The molecular formula is C18H20N2O4. The molecule has 0 atom stereocenters. The molecule has 0 bridgehead atoms. The Hall–Kier alpha value is -2.89. The lowest BCUT2D eigenvalue weighted by molar-refractivity contribution is -0.383. The van der Waals surface area contributed by atoms with Crippen molar-refractivity contribution in [1.29, 1.82) is 0 Å². The van der Waals surface area contributed by atoms with Gasteiger partial charge in [0.25, 0.3) is 5.69 Å². The van der Waals surface area contributed by atoms with Crippen LogP contribution in [0.3, 0.4) is 0 Å². The van der Waals surface area contributed by atoms with Gasteiger partial charge >= 0.3 is 0 Å². The number of nitrogens with one attached hydrogen (secondary N) is 1. The van der Waals surface area contributed by atoms with E-state index in [0.717, 1.165) is 11.3 Å². The molecule has 0 saturated carbocycles. The molecule has 0 unspecified atom stereocenters. The van der Waals surface area contributed by atoms with Crippen LogP contribution in [0.4, 0.5) is 11.4 Å². The average Bonchev–Trinajstić information content (AvgIpc) is 2.53. The van der Waals surface area contributed by atoms with Gasteiger partial charge in [0.15, 0.2) is 0 Å². The molecule has 0 aromatic heterocycles. The van der Waals surface area contributed by atoms with E-state index in [1.54, 1.807) is 12.1 Å². The molecule has 24 heavy (non-hydrogen) atoms. The monoisotopic (exact) mass is 328 g/mol. The zero-order chi connectivity index (χ0) is 17.5. The third kappa shape index (κ3) is 4.81. The van der Waals surface area contributed by atoms with Crippen LogP contribution in [-0.4, -0.2) is 17.4 Å². The van der Waals surface area contributed by atoms with Crippen LogP contribution in [0.2, 0.25) is 0 Å². The highest BCUT2D eigenvalue weighted by Crippen LogP contribution is 2.23. The molecule has 1 N–H and O–H groups in total. The van der Waals surface area contributed by atoms with Gasteiger partial charge in [0.2, 0.25) is 5.91 Å². The summed E-state index contributed by atoms with van der Waals surface area (Å²) in [5, 5.41) is 13.5. The van der Waals surface area contributed by atoms with E-state index < -0.39 is 4.92 Å². The summed E-state index contributed by atoms with van der Waals surface area (Å²) in [7, 11) is 0. The number of carbonyl (C=O) groups excluding carboxylic acids is 1. The van der Waals surface area contributed by atoms with Gasteiger partial charge in [-0.3, -0.25) is 14.9 Å². The summed E-state index contributed by atoms with van der Waals surface area (Å²) in [5.41, 5.74) is 2.32. The van der Waals surface area contributed by atoms with E-state index >= 15 is 0 Å². The van der Waals surface area contributed by atoms with Gasteiger partial charge in [-0.05, 0) is 38.0 Å². The van der Waals surface area contributed by atoms with Crippen LogP contribution in [0, 0.1) is 24.0 Å². The smallest absolute Gasteiger partial charge is 0.292 e. The first-order valence-corrected chi connectivity index (χ1v) is 7.70. The van der Waals surface area contributed by atoms with Gasteiger partial charge in [-0.2, -0.15) is 0 Å². The minimum Gasteiger partial charge on any atom is -0.493 e. The van der Waals surface area contributed by atoms with Crippen molar-refractivity contribution in [3.63, 3.8) is 0 Å². The summed E-state index contributed by atoms with van der Waals surface area (Å²) in [5.74, 6) is 0.535. The first-order valence-electron chi connectivity index (χ1n) is 7.70. The van der Waals surface area contributed by atoms with Gasteiger partial charge in [0.1, 0.15) is 11.4 Å². The number of nitro groups is 1. The fraction of sp³-hybridized carbons (Fsp3) is 0.278. The number of ether oxygens (including phenoxy) is 1. The van der Waals surface area contributed by atoms with E-state index in [2.05, 4.69) is 5.32 Å². The topological polar surface area (TPSA) is 81.5 Å². The highest BCUT2D eigenvalue weighted by atomic mass is 16.6. The van der Waals surface area contributed by atoms with E-state index in [0.29, 0.717) is 13.0 Å². The number of aryl methyl sites for hydroxylation is 2. The van der Waals surface area contributed by atoms with E-state index in [9.17, 15) is 14.9 Å². The molecule has 0 radical (unpaired) electrons. The van der Waals surface area contributed by atoms with Gasteiger partial charge in [0.05, 0.1) is 11.5 Å². The van der Waals surface area contributed by atoms with Crippen LogP contribution in [0.5, 0.6) is 5.75 Å². The summed E-state index contributed by atoms with van der Waals surface area (Å²) >= 11 is 0. The zero-order valence-corrected chi connectivity index (χ0v) is 13.7. The van der Waals surface area contributed by atoms with E-state index in [1.165, 1.54) is 17.7 Å². The molecule has 0 heterocycles. The third-order valence-corrected chi connectivity index (χ3v) is 3.51. The number of nitro benzene ring substituents is 1. The minimum absolute atomic E-state index is 0.114. The van der Waals surface area contributed by atoms with Crippen molar-refractivity contribution < 1.29 is 14.5 Å². The summed E-state index contributed by atoms with van der Waals surface area (Å²) in [6.45, 7) is 4.40. The normalized spacial score (nSPS) is 10.2. The van der Waals surface area contributed by atoms with Crippen molar-refractivity contribution in [1.82, 2.24) is 0 Å². The highest BCUT2D eigenvalue weighted by molar-refractivity contribution is 5.92. The van der Waals surface area contributed by atoms with Gasteiger partial charge in [-0.25, -0.2) is 0 Å². The molecule has 6 nitrogen and oxygen atoms in total. The average molecular weight is 328 g/mol. The minimum atomic E-state index is -0.515. The number of anilines is 1. The number of carbonyl (C=O) groups is 1. The molecule has 0 aliphatic carbocycles. The molecule has 126 valence electrons. The fourth-order valence-electron chi connectivity index (χ4n) is 2.33. The summed E-state index contributed by atoms with van der Waals surface area (Å²) < 4.78 is 5.67. The maximum absolute atomic E-state index is 11.9. The Bertz CT molecular complexity index is 744. The van der Waals surface area contributed by atoms with Crippen molar-refractivity contribution in [2.45, 2.75) is 26.7 Å². The Labute approximate surface area is 140 Å². The summed E-state index contributed by atoms with van der Waals surface area (Å²) in [6.07, 6.45) is 0.761. The third-order valence-electron chi connectivity index (χ3n) is 3.51. The molecule has 2 aromatic rings. The van der Waals surface area contributed by atoms with Crippen LogP contribution < -0.4 is 10.1 Å². The molecule has 2 rings (SSSR count). The number of amides is 1. The standard InChI is InChI=1S/C18H20N2O4/c1-13-9-10-17(14(2)12-13)24-11-5-8-18(21)19-15-6-3-4-7-16(15)20(22)23/h3-4,6-7,9-10,12H,5,8,11H2,1-2H3,(H,19,21). The molecule has 0 aliphatic rings. The number of benzene rings is 2. The first kappa shape index (κ1) is 17.5. The molecule has 1 amide bonds. The second kappa shape index (κ2) is 8.10. The van der Waals surface area contributed by atoms with Crippen molar-refractivity contribution in [3.05, 3.63) is 63.7 Å². The predicted octanol–water partition coefficient (Wildman–Crippen LogP) is 4.01. The summed E-state index contributed by atoms with van der Waals surface area (Å²) in [4.78, 5) is 22.3. The Balaban J connectivity index is 1.81. The maximum Gasteiger partial charge on any atom is 0.292 e. The van der Waals surface area contributed by atoms with E-state index in [-0.39, 0.29) is 23.7 Å². The lowest BCUT2D eigenvalue weighted by Gasteiger charge is -2.10. The van der Waals surface area contributed by atoms with Crippen molar-refractivity contribution >= 4 is 17.3 Å². The van der Waals surface area contributed by atoms with Crippen LogP contribution in [0.1, 0.15) is 24.0 Å². The van der Waals surface area contributed by atoms with Gasteiger partial charge < -0.3 is 10.1 Å². The highest BCUT2D eigenvalue weighted by Gasteiger charge is 2.14. The number of nitrogens with zero attached hydrogens (tertiary/aromatic N) is 1. The van der Waals surface area contributed by atoms with Crippen LogP contribution in [0.15, 0.2) is 42.5 Å². The fourth-order valence-corrected chi connectivity index (χ4v) is 2.33. The molecule has 0 aliphatic heterocycles. The van der Waals surface area contributed by atoms with Crippen molar-refractivity contribution in [2.24, 2.45) is 0 Å². The van der Waals surface area contributed by atoms with Gasteiger partial charge in [-0.1, -0.05) is 29.8 Å². The molecule has 2 aromatic carbocycles. The Kier molecular flexibility index (Phi) is 5.89. The summed E-state index contributed by atoms with van der Waals surface area (Å²) in [6, 6.07) is 12.0. The molecular weight excluding hydrogens is 308 g/mol. The van der Waals surface area contributed by atoms with Crippen LogP contribution >= 0.6 is 0 Å². The Morgan fingerprint density at radius 3 is 2.67 bits per heavy atom. The van der Waals surface area contributed by atoms with Crippen LogP contribution in [0.25, 0.3) is 0 Å². The van der Waals surface area contributed by atoms with Gasteiger partial charge in [0, 0.05) is 12.5 Å². The molecule has 0 spiro atoms. The quantitative estimate of drug-likeness (QED) is 0.473. The number of rotatable bonds is 7. The SMILES string of the molecule is Cc1ccc(OCCCC(=O)Nc2ccccc2[N+](=O)[O-])c(C)c1. The van der Waals surface area contributed by atoms with Crippen molar-refractivity contribution in [3.8, 4) is 5.75 Å². The predicted molar refractivity (Wildman–Crippen MR) is 92.4 cm³/mol. The largest absolute Gasteiger partial charge is 0.493 e. The van der Waals surface area contributed by atoms with E-state index in [1.807, 2.05) is 32.0 Å². The number of hydrogen-bond acceptors (Lipinski definition) is 4.